The largest absolute Gasteiger partial charge is 0.493 e. The number of nitrogens with two attached hydrogens (primary N) is 1. The van der Waals surface area contributed by atoms with Crippen LogP contribution in [0.3, 0.4) is 0 Å². The van der Waals surface area contributed by atoms with Gasteiger partial charge in [0.15, 0.2) is 11.5 Å². The lowest BCUT2D eigenvalue weighted by Crippen LogP contribution is -2.55. The first-order valence-corrected chi connectivity index (χ1v) is 6.73. The van der Waals surface area contributed by atoms with Crippen molar-refractivity contribution in [2.45, 2.75) is 32.9 Å². The second-order valence-electron chi connectivity index (χ2n) is 4.90. The molecule has 0 amide bonds. The van der Waals surface area contributed by atoms with E-state index in [4.69, 9.17) is 15.2 Å². The van der Waals surface area contributed by atoms with E-state index in [0.717, 1.165) is 36.6 Å². The Kier molecular flexibility index (Phi) is 5.63. The number of nitrogens with zero attached hydrogens (tertiary/aromatic N) is 1. The van der Waals surface area contributed by atoms with Gasteiger partial charge in [-0.3, -0.25) is 4.90 Å². The molecular formula is C15H26N2O2. The highest BCUT2D eigenvalue weighted by molar-refractivity contribution is 5.43. The molecule has 2 N–H and O–H groups in total. The van der Waals surface area contributed by atoms with Crippen molar-refractivity contribution in [3.63, 3.8) is 0 Å². The Morgan fingerprint density at radius 1 is 1.11 bits per heavy atom. The molecule has 0 saturated carbocycles. The van der Waals surface area contributed by atoms with Gasteiger partial charge in [0.05, 0.1) is 19.9 Å². The van der Waals surface area contributed by atoms with Crippen molar-refractivity contribution < 1.29 is 9.47 Å². The Bertz CT molecular complexity index is 401. The standard InChI is InChI=1S/C15H26N2O2/c1-6-17(7-2)15(3,16)11-12-8-9-13(18-4)14(10-12)19-5/h8-10H,6-7,11,16H2,1-5H3. The highest BCUT2D eigenvalue weighted by Gasteiger charge is 2.25. The molecule has 19 heavy (non-hydrogen) atoms. The maximum atomic E-state index is 6.43. The Balaban J connectivity index is 2.93. The summed E-state index contributed by atoms with van der Waals surface area (Å²) in [5.41, 5.74) is 7.22. The van der Waals surface area contributed by atoms with Gasteiger partial charge in [-0.25, -0.2) is 0 Å². The minimum absolute atomic E-state index is 0.358. The fraction of sp³-hybridized carbons (Fsp3) is 0.600. The van der Waals surface area contributed by atoms with E-state index in [1.54, 1.807) is 14.2 Å². The van der Waals surface area contributed by atoms with Crippen molar-refractivity contribution in [1.82, 2.24) is 4.90 Å². The molecule has 1 atom stereocenters. The summed E-state index contributed by atoms with van der Waals surface area (Å²) in [5.74, 6) is 1.49. The lowest BCUT2D eigenvalue weighted by atomic mass is 10.00. The van der Waals surface area contributed by atoms with Crippen LogP contribution in [0.4, 0.5) is 0 Å². The van der Waals surface area contributed by atoms with Crippen LogP contribution in [0.25, 0.3) is 0 Å². The summed E-state index contributed by atoms with van der Waals surface area (Å²) in [4.78, 5) is 2.25. The molecule has 108 valence electrons. The van der Waals surface area contributed by atoms with Gasteiger partial charge in [-0.15, -0.1) is 0 Å². The van der Waals surface area contributed by atoms with Crippen molar-refractivity contribution >= 4 is 0 Å². The van der Waals surface area contributed by atoms with Gasteiger partial charge in [0, 0.05) is 6.42 Å². The van der Waals surface area contributed by atoms with E-state index in [0.29, 0.717) is 0 Å². The van der Waals surface area contributed by atoms with Gasteiger partial charge in [0.2, 0.25) is 0 Å². The fourth-order valence-corrected chi connectivity index (χ4v) is 2.46. The van der Waals surface area contributed by atoms with E-state index < -0.39 is 0 Å². The monoisotopic (exact) mass is 266 g/mol. The third-order valence-corrected chi connectivity index (χ3v) is 3.50. The van der Waals surface area contributed by atoms with Gasteiger partial charge >= 0.3 is 0 Å². The average Bonchev–Trinajstić information content (AvgIpc) is 2.39. The molecule has 1 rings (SSSR count). The van der Waals surface area contributed by atoms with Gasteiger partial charge in [-0.1, -0.05) is 19.9 Å². The van der Waals surface area contributed by atoms with Crippen LogP contribution in [0.2, 0.25) is 0 Å². The summed E-state index contributed by atoms with van der Waals surface area (Å²) in [7, 11) is 3.29. The van der Waals surface area contributed by atoms with Crippen LogP contribution in [-0.2, 0) is 6.42 Å². The normalized spacial score (nSPS) is 14.3. The fourth-order valence-electron chi connectivity index (χ4n) is 2.46. The van der Waals surface area contributed by atoms with Crippen molar-refractivity contribution in [2.24, 2.45) is 5.73 Å². The first-order valence-electron chi connectivity index (χ1n) is 6.73. The highest BCUT2D eigenvalue weighted by atomic mass is 16.5. The van der Waals surface area contributed by atoms with Crippen molar-refractivity contribution in [1.29, 1.82) is 0 Å². The quantitative estimate of drug-likeness (QED) is 0.769. The smallest absolute Gasteiger partial charge is 0.160 e. The first-order chi connectivity index (χ1) is 8.98. The van der Waals surface area contributed by atoms with Crippen LogP contribution in [0.15, 0.2) is 18.2 Å². The van der Waals surface area contributed by atoms with E-state index in [-0.39, 0.29) is 5.66 Å². The molecule has 4 nitrogen and oxygen atoms in total. The minimum atomic E-state index is -0.358. The number of hydrogen-bond acceptors (Lipinski definition) is 4. The lowest BCUT2D eigenvalue weighted by molar-refractivity contribution is 0.123. The molecule has 1 aromatic rings. The molecule has 0 bridgehead atoms. The molecule has 0 fully saturated rings. The van der Waals surface area contributed by atoms with Crippen LogP contribution in [0.1, 0.15) is 26.3 Å². The van der Waals surface area contributed by atoms with E-state index in [1.807, 2.05) is 18.2 Å². The summed E-state index contributed by atoms with van der Waals surface area (Å²) in [6, 6.07) is 5.95. The highest BCUT2D eigenvalue weighted by Crippen LogP contribution is 2.29. The molecule has 4 heteroatoms. The lowest BCUT2D eigenvalue weighted by Gasteiger charge is -2.37. The molecule has 0 aliphatic heterocycles. The zero-order valence-electron chi connectivity index (χ0n) is 12.7. The Hall–Kier alpha value is -1.26. The van der Waals surface area contributed by atoms with Gasteiger partial charge in [-0.05, 0) is 37.7 Å². The number of methoxy groups -OCH3 is 2. The van der Waals surface area contributed by atoms with Crippen molar-refractivity contribution in [2.75, 3.05) is 27.3 Å². The molecule has 0 heterocycles. The molecule has 1 aromatic carbocycles. The van der Waals surface area contributed by atoms with Gasteiger partial charge in [0.1, 0.15) is 0 Å². The van der Waals surface area contributed by atoms with Crippen molar-refractivity contribution in [3.05, 3.63) is 23.8 Å². The third kappa shape index (κ3) is 3.85. The zero-order chi connectivity index (χ0) is 14.5. The molecule has 0 spiro atoms. The molecule has 0 aliphatic rings. The predicted octanol–water partition coefficient (Wildman–Crippen LogP) is 2.26. The van der Waals surface area contributed by atoms with Crippen LogP contribution in [-0.4, -0.2) is 37.9 Å². The minimum Gasteiger partial charge on any atom is -0.493 e. The second kappa shape index (κ2) is 6.78. The Morgan fingerprint density at radius 2 is 1.68 bits per heavy atom. The van der Waals surface area contributed by atoms with Crippen LogP contribution < -0.4 is 15.2 Å². The summed E-state index contributed by atoms with van der Waals surface area (Å²) < 4.78 is 10.6. The predicted molar refractivity (Wildman–Crippen MR) is 78.8 cm³/mol. The van der Waals surface area contributed by atoms with Gasteiger partial charge < -0.3 is 15.2 Å². The summed E-state index contributed by atoms with van der Waals surface area (Å²) >= 11 is 0. The number of ether oxygens (including phenoxy) is 2. The van der Waals surface area contributed by atoms with E-state index in [1.165, 1.54) is 0 Å². The Labute approximate surface area is 116 Å². The maximum Gasteiger partial charge on any atom is 0.160 e. The van der Waals surface area contributed by atoms with Crippen LogP contribution in [0.5, 0.6) is 11.5 Å². The van der Waals surface area contributed by atoms with Gasteiger partial charge in [0.25, 0.3) is 0 Å². The SMILES string of the molecule is CCN(CC)C(C)(N)Cc1ccc(OC)c(OC)c1. The van der Waals surface area contributed by atoms with Crippen LogP contribution in [0, 0.1) is 0 Å². The average molecular weight is 266 g/mol. The van der Waals surface area contributed by atoms with Gasteiger partial charge in [-0.2, -0.15) is 0 Å². The maximum absolute atomic E-state index is 6.43. The summed E-state index contributed by atoms with van der Waals surface area (Å²) in [6.07, 6.45) is 0.773. The summed E-state index contributed by atoms with van der Waals surface area (Å²) in [6.45, 7) is 8.21. The van der Waals surface area contributed by atoms with E-state index >= 15 is 0 Å². The topological polar surface area (TPSA) is 47.7 Å². The molecule has 0 aromatic heterocycles. The third-order valence-electron chi connectivity index (χ3n) is 3.50. The number of rotatable bonds is 7. The van der Waals surface area contributed by atoms with E-state index in [9.17, 15) is 0 Å². The first kappa shape index (κ1) is 15.8. The zero-order valence-corrected chi connectivity index (χ0v) is 12.7. The summed E-state index contributed by atoms with van der Waals surface area (Å²) in [5, 5.41) is 0. The van der Waals surface area contributed by atoms with Crippen LogP contribution >= 0.6 is 0 Å². The second-order valence-corrected chi connectivity index (χ2v) is 4.90. The molecule has 0 saturated heterocycles. The molecule has 0 radical (unpaired) electrons. The molecule has 0 aliphatic carbocycles. The number of likely N-dealkylation sites (N-methyl/N-ethyl adjacent to an activating group) is 1. The molecule has 1 unspecified atom stereocenters. The number of hydrogen-bond donors (Lipinski definition) is 1. The Morgan fingerprint density at radius 3 is 2.16 bits per heavy atom. The van der Waals surface area contributed by atoms with Crippen molar-refractivity contribution in [3.8, 4) is 11.5 Å². The number of benzene rings is 1. The molecular weight excluding hydrogens is 240 g/mol. The van der Waals surface area contributed by atoms with E-state index in [2.05, 4.69) is 25.7 Å².